The summed E-state index contributed by atoms with van der Waals surface area (Å²) in [7, 11) is 1.41. The number of carbonyl (C=O) groups is 1. The van der Waals surface area contributed by atoms with Gasteiger partial charge in [0.1, 0.15) is 5.56 Å². The average molecular weight is 458 g/mol. The second kappa shape index (κ2) is 8.03. The first kappa shape index (κ1) is 21.2. The standard InChI is InChI=1S/C23H27N3O5S/c1-3-31-19-7-16(17(26(28)29)8-18(19)30-2)21(27)25-22-24-20(12-32-22)23-9-13-4-14(10-23)6-15(5-13)11-23/h7-8,12-15H,3-6,9-11H2,1-2H3,(H,24,25,27). The molecule has 8 nitrogen and oxygen atoms in total. The topological polar surface area (TPSA) is 104 Å². The van der Waals surface area contributed by atoms with Crippen LogP contribution >= 0.6 is 11.3 Å². The molecule has 2 aromatic rings. The number of hydrogen-bond acceptors (Lipinski definition) is 7. The van der Waals surface area contributed by atoms with Gasteiger partial charge in [-0.15, -0.1) is 11.3 Å². The predicted molar refractivity (Wildman–Crippen MR) is 121 cm³/mol. The SMILES string of the molecule is CCOc1cc(C(=O)Nc2nc(C34CC5CC(CC(C5)C3)C4)cs2)c([N+](=O)[O-])cc1OC. The highest BCUT2D eigenvalue weighted by Crippen LogP contribution is 2.60. The molecule has 1 amide bonds. The van der Waals surface area contributed by atoms with Crippen molar-refractivity contribution in [2.45, 2.75) is 50.9 Å². The summed E-state index contributed by atoms with van der Waals surface area (Å²) in [6, 6.07) is 2.59. The number of ether oxygens (including phenoxy) is 2. The number of aromatic nitrogens is 1. The molecule has 0 saturated heterocycles. The molecule has 0 radical (unpaired) electrons. The Morgan fingerprint density at radius 2 is 1.88 bits per heavy atom. The van der Waals surface area contributed by atoms with Crippen molar-refractivity contribution in [3.63, 3.8) is 0 Å². The Bertz CT molecular complexity index is 1030. The Kier molecular flexibility index (Phi) is 5.31. The van der Waals surface area contributed by atoms with E-state index in [-0.39, 0.29) is 22.4 Å². The van der Waals surface area contributed by atoms with Gasteiger partial charge in [0.25, 0.3) is 11.6 Å². The van der Waals surface area contributed by atoms with E-state index in [0.29, 0.717) is 17.5 Å². The van der Waals surface area contributed by atoms with E-state index in [4.69, 9.17) is 14.5 Å². The Morgan fingerprint density at radius 3 is 2.44 bits per heavy atom. The quantitative estimate of drug-likeness (QED) is 0.454. The van der Waals surface area contributed by atoms with Gasteiger partial charge >= 0.3 is 0 Å². The Hall–Kier alpha value is -2.68. The van der Waals surface area contributed by atoms with Crippen LogP contribution in [0.25, 0.3) is 0 Å². The van der Waals surface area contributed by atoms with E-state index in [1.54, 1.807) is 6.92 Å². The average Bonchev–Trinajstić information content (AvgIpc) is 3.22. The van der Waals surface area contributed by atoms with Crippen LogP contribution in [0, 0.1) is 27.9 Å². The fourth-order valence-corrected chi connectivity index (χ4v) is 7.30. The smallest absolute Gasteiger partial charge is 0.286 e. The minimum Gasteiger partial charge on any atom is -0.493 e. The Morgan fingerprint density at radius 1 is 1.22 bits per heavy atom. The van der Waals surface area contributed by atoms with Crippen molar-refractivity contribution < 1.29 is 19.2 Å². The zero-order valence-corrected chi connectivity index (χ0v) is 19.1. The summed E-state index contributed by atoms with van der Waals surface area (Å²) in [5, 5.41) is 16.9. The molecule has 0 unspecified atom stereocenters. The molecule has 0 spiro atoms. The number of nitro benzene ring substituents is 1. The van der Waals surface area contributed by atoms with Crippen molar-refractivity contribution >= 4 is 28.1 Å². The third-order valence-electron chi connectivity index (χ3n) is 7.33. The van der Waals surface area contributed by atoms with Gasteiger partial charge in [-0.05, 0) is 63.2 Å². The van der Waals surface area contributed by atoms with Crippen LogP contribution in [0.2, 0.25) is 0 Å². The zero-order valence-electron chi connectivity index (χ0n) is 18.3. The lowest BCUT2D eigenvalue weighted by atomic mass is 9.49. The van der Waals surface area contributed by atoms with Gasteiger partial charge < -0.3 is 9.47 Å². The second-order valence-electron chi connectivity index (χ2n) is 9.40. The van der Waals surface area contributed by atoms with Gasteiger partial charge in [0.2, 0.25) is 0 Å². The second-order valence-corrected chi connectivity index (χ2v) is 10.3. The van der Waals surface area contributed by atoms with Crippen LogP contribution < -0.4 is 14.8 Å². The lowest BCUT2D eigenvalue weighted by molar-refractivity contribution is -0.385. The molecule has 4 bridgehead atoms. The summed E-state index contributed by atoms with van der Waals surface area (Å²) < 4.78 is 10.7. The van der Waals surface area contributed by atoms with Crippen molar-refractivity contribution in [2.24, 2.45) is 17.8 Å². The van der Waals surface area contributed by atoms with Crippen LogP contribution in [0.5, 0.6) is 11.5 Å². The maximum absolute atomic E-state index is 13.0. The maximum Gasteiger partial charge on any atom is 0.286 e. The number of nitrogens with one attached hydrogen (secondary N) is 1. The third-order valence-corrected chi connectivity index (χ3v) is 8.09. The number of carbonyl (C=O) groups excluding carboxylic acids is 1. The minimum absolute atomic E-state index is 0.0780. The van der Waals surface area contributed by atoms with E-state index in [9.17, 15) is 14.9 Å². The largest absolute Gasteiger partial charge is 0.493 e. The number of nitrogens with zero attached hydrogens (tertiary/aromatic N) is 2. The summed E-state index contributed by atoms with van der Waals surface area (Å²) in [4.78, 5) is 28.8. The van der Waals surface area contributed by atoms with E-state index in [1.165, 1.54) is 69.1 Å². The van der Waals surface area contributed by atoms with Crippen LogP contribution in [0.15, 0.2) is 17.5 Å². The number of benzene rings is 1. The van der Waals surface area contributed by atoms with E-state index < -0.39 is 10.8 Å². The monoisotopic (exact) mass is 457 g/mol. The molecule has 32 heavy (non-hydrogen) atoms. The van der Waals surface area contributed by atoms with E-state index in [2.05, 4.69) is 10.7 Å². The van der Waals surface area contributed by atoms with E-state index in [1.807, 2.05) is 0 Å². The number of amides is 1. The fourth-order valence-electron chi connectivity index (χ4n) is 6.47. The molecule has 9 heteroatoms. The predicted octanol–water partition coefficient (Wildman–Crippen LogP) is 5.18. The van der Waals surface area contributed by atoms with Crippen LogP contribution in [0.4, 0.5) is 10.8 Å². The number of anilines is 1. The number of methoxy groups -OCH3 is 1. The van der Waals surface area contributed by atoms with Crippen molar-refractivity contribution in [3.8, 4) is 11.5 Å². The highest BCUT2D eigenvalue weighted by molar-refractivity contribution is 7.14. The van der Waals surface area contributed by atoms with Crippen LogP contribution in [-0.2, 0) is 5.41 Å². The summed E-state index contributed by atoms with van der Waals surface area (Å²) >= 11 is 1.39. The van der Waals surface area contributed by atoms with E-state index >= 15 is 0 Å². The lowest BCUT2D eigenvalue weighted by Crippen LogP contribution is -2.48. The molecule has 4 saturated carbocycles. The van der Waals surface area contributed by atoms with Crippen molar-refractivity contribution in [1.82, 2.24) is 4.98 Å². The molecular weight excluding hydrogens is 430 g/mol. The van der Waals surface area contributed by atoms with Crippen molar-refractivity contribution in [2.75, 3.05) is 19.0 Å². The molecule has 0 atom stereocenters. The maximum atomic E-state index is 13.0. The molecule has 0 aliphatic heterocycles. The molecule has 1 aromatic heterocycles. The summed E-state index contributed by atoms with van der Waals surface area (Å²) in [5.74, 6) is 2.35. The minimum atomic E-state index is -0.587. The molecule has 4 aliphatic rings. The van der Waals surface area contributed by atoms with Gasteiger partial charge in [-0.25, -0.2) is 4.98 Å². The normalized spacial score (nSPS) is 27.9. The highest BCUT2D eigenvalue weighted by atomic mass is 32.1. The van der Waals surface area contributed by atoms with Crippen molar-refractivity contribution in [3.05, 3.63) is 38.9 Å². The van der Waals surface area contributed by atoms with Crippen molar-refractivity contribution in [1.29, 1.82) is 0 Å². The van der Waals surface area contributed by atoms with E-state index in [0.717, 1.165) is 23.4 Å². The van der Waals surface area contributed by atoms with Gasteiger partial charge in [-0.2, -0.15) is 0 Å². The first-order chi connectivity index (χ1) is 15.4. The van der Waals surface area contributed by atoms with Gasteiger partial charge in [0, 0.05) is 16.9 Å². The Balaban J connectivity index is 1.40. The number of rotatable bonds is 7. The van der Waals surface area contributed by atoms with Crippen LogP contribution in [-0.4, -0.2) is 29.5 Å². The molecule has 6 rings (SSSR count). The molecule has 4 fully saturated rings. The highest BCUT2D eigenvalue weighted by Gasteiger charge is 2.52. The van der Waals surface area contributed by atoms with Crippen LogP contribution in [0.3, 0.4) is 0 Å². The number of nitro groups is 1. The molecule has 1 heterocycles. The number of hydrogen-bond donors (Lipinski definition) is 1. The van der Waals surface area contributed by atoms with Gasteiger partial charge in [-0.3, -0.25) is 20.2 Å². The molecular formula is C23H27N3O5S. The molecule has 4 aliphatic carbocycles. The summed E-state index contributed by atoms with van der Waals surface area (Å²) in [6.45, 7) is 2.14. The summed E-state index contributed by atoms with van der Waals surface area (Å²) in [6.07, 6.45) is 7.65. The first-order valence-corrected chi connectivity index (χ1v) is 12.1. The first-order valence-electron chi connectivity index (χ1n) is 11.2. The van der Waals surface area contributed by atoms with Gasteiger partial charge in [-0.1, -0.05) is 0 Å². The Labute approximate surface area is 190 Å². The van der Waals surface area contributed by atoms with Gasteiger partial charge in [0.15, 0.2) is 16.6 Å². The molecule has 1 aromatic carbocycles. The van der Waals surface area contributed by atoms with Gasteiger partial charge in [0.05, 0.1) is 30.4 Å². The molecule has 1 N–H and O–H groups in total. The number of thiazole rings is 1. The zero-order chi connectivity index (χ0) is 22.5. The fraction of sp³-hybridized carbons (Fsp3) is 0.565. The third kappa shape index (κ3) is 3.62. The molecule has 170 valence electrons. The van der Waals surface area contributed by atoms with Crippen LogP contribution in [0.1, 0.15) is 61.5 Å². The summed E-state index contributed by atoms with van der Waals surface area (Å²) in [5.41, 5.74) is 0.810. The lowest BCUT2D eigenvalue weighted by Gasteiger charge is -2.56.